The number of carbonyl (C=O) groups excluding carboxylic acids is 1. The molecule has 5 heteroatoms. The second kappa shape index (κ2) is 6.12. The van der Waals surface area contributed by atoms with Gasteiger partial charge in [0.05, 0.1) is 25.4 Å². The van der Waals surface area contributed by atoms with Gasteiger partial charge in [0.25, 0.3) is 5.91 Å². The number of methoxy groups -OCH3 is 1. The van der Waals surface area contributed by atoms with Crippen LogP contribution in [-0.2, 0) is 9.47 Å². The van der Waals surface area contributed by atoms with Gasteiger partial charge in [0.2, 0.25) is 0 Å². The highest BCUT2D eigenvalue weighted by Crippen LogP contribution is 2.41. The smallest absolute Gasteiger partial charge is 0.254 e. The fourth-order valence-corrected chi connectivity index (χ4v) is 3.61. The van der Waals surface area contributed by atoms with Gasteiger partial charge >= 0.3 is 0 Å². The van der Waals surface area contributed by atoms with Crippen molar-refractivity contribution in [3.8, 4) is 0 Å². The minimum atomic E-state index is -0.211. The predicted molar refractivity (Wildman–Crippen MR) is 78.0 cm³/mol. The third-order valence-corrected chi connectivity index (χ3v) is 4.69. The van der Waals surface area contributed by atoms with Crippen molar-refractivity contribution in [2.75, 3.05) is 33.4 Å². The largest absolute Gasteiger partial charge is 0.384 e. The first-order valence-electron chi connectivity index (χ1n) is 7.57. The molecule has 3 rings (SSSR count). The summed E-state index contributed by atoms with van der Waals surface area (Å²) < 4.78 is 11.5. The Morgan fingerprint density at radius 1 is 1.52 bits per heavy atom. The second-order valence-corrected chi connectivity index (χ2v) is 5.92. The fourth-order valence-electron chi connectivity index (χ4n) is 3.61. The molecule has 0 unspecified atom stereocenters. The highest BCUT2D eigenvalue weighted by Gasteiger charge is 2.47. The number of hydrogen-bond acceptors (Lipinski definition) is 4. The van der Waals surface area contributed by atoms with Gasteiger partial charge in [-0.25, -0.2) is 0 Å². The van der Waals surface area contributed by atoms with Crippen LogP contribution in [0.2, 0.25) is 0 Å². The Kier molecular flexibility index (Phi) is 4.22. The summed E-state index contributed by atoms with van der Waals surface area (Å²) >= 11 is 0. The zero-order valence-corrected chi connectivity index (χ0v) is 12.5. The van der Waals surface area contributed by atoms with Gasteiger partial charge in [-0.1, -0.05) is 6.42 Å². The van der Waals surface area contributed by atoms with Crippen LogP contribution in [0.5, 0.6) is 0 Å². The van der Waals surface area contributed by atoms with E-state index in [-0.39, 0.29) is 11.5 Å². The van der Waals surface area contributed by atoms with E-state index in [0.717, 1.165) is 19.3 Å². The zero-order chi connectivity index (χ0) is 14.7. The molecular weight excluding hydrogens is 268 g/mol. The van der Waals surface area contributed by atoms with Crippen molar-refractivity contribution in [2.24, 2.45) is 5.92 Å². The Labute approximate surface area is 125 Å². The number of rotatable bonds is 3. The van der Waals surface area contributed by atoms with Crippen LogP contribution in [0.4, 0.5) is 0 Å². The Hall–Kier alpha value is -1.46. The number of pyridine rings is 1. The molecule has 0 aromatic carbocycles. The van der Waals surface area contributed by atoms with Gasteiger partial charge in [-0.05, 0) is 25.0 Å². The fraction of sp³-hybridized carbons (Fsp3) is 0.625. The van der Waals surface area contributed by atoms with E-state index in [1.165, 1.54) is 0 Å². The average Bonchev–Trinajstić information content (AvgIpc) is 2.90. The van der Waals surface area contributed by atoms with Crippen LogP contribution < -0.4 is 0 Å². The summed E-state index contributed by atoms with van der Waals surface area (Å²) in [6.07, 6.45) is 6.59. The molecule has 1 aliphatic heterocycles. The molecular formula is C16H22N2O3. The summed E-state index contributed by atoms with van der Waals surface area (Å²) in [4.78, 5) is 18.5. The zero-order valence-electron chi connectivity index (χ0n) is 12.5. The van der Waals surface area contributed by atoms with E-state index in [9.17, 15) is 4.79 Å². The van der Waals surface area contributed by atoms with E-state index >= 15 is 0 Å². The quantitative estimate of drug-likeness (QED) is 0.851. The van der Waals surface area contributed by atoms with Gasteiger partial charge in [0.1, 0.15) is 0 Å². The van der Waals surface area contributed by atoms with Crippen LogP contribution in [0.25, 0.3) is 0 Å². The van der Waals surface area contributed by atoms with Crippen LogP contribution in [0.15, 0.2) is 24.5 Å². The molecule has 0 bridgehead atoms. The molecule has 1 saturated carbocycles. The number of hydrogen-bond donors (Lipinski definition) is 0. The van der Waals surface area contributed by atoms with Crippen LogP contribution in [-0.4, -0.2) is 54.8 Å². The lowest BCUT2D eigenvalue weighted by atomic mass is 9.89. The predicted octanol–water partition coefficient (Wildman–Crippen LogP) is 1.74. The summed E-state index contributed by atoms with van der Waals surface area (Å²) in [7, 11) is 1.73. The SMILES string of the molecule is COC[C@@H]1CCC[C@@]12CN(C(=O)c1ccncc1)CCO2. The Morgan fingerprint density at radius 2 is 2.33 bits per heavy atom. The van der Waals surface area contributed by atoms with Crippen LogP contribution in [0, 0.1) is 5.92 Å². The van der Waals surface area contributed by atoms with Gasteiger partial charge in [0.15, 0.2) is 0 Å². The van der Waals surface area contributed by atoms with E-state index in [4.69, 9.17) is 9.47 Å². The highest BCUT2D eigenvalue weighted by molar-refractivity contribution is 5.94. The standard InChI is InChI=1S/C16H22N2O3/c1-20-11-14-3-2-6-16(14)12-18(9-10-21-16)15(19)13-4-7-17-8-5-13/h4-5,7-8,14H,2-3,6,9-12H2,1H3/t14-,16+/m0/s1. The van der Waals surface area contributed by atoms with Crippen molar-refractivity contribution in [3.63, 3.8) is 0 Å². The first-order valence-corrected chi connectivity index (χ1v) is 7.57. The number of aromatic nitrogens is 1. The number of amides is 1. The summed E-state index contributed by atoms with van der Waals surface area (Å²) in [6, 6.07) is 3.54. The van der Waals surface area contributed by atoms with Crippen LogP contribution in [0.1, 0.15) is 29.6 Å². The minimum absolute atomic E-state index is 0.0724. The molecule has 1 aliphatic carbocycles. The molecule has 5 nitrogen and oxygen atoms in total. The first-order chi connectivity index (χ1) is 10.2. The van der Waals surface area contributed by atoms with Gasteiger partial charge in [-0.2, -0.15) is 0 Å². The van der Waals surface area contributed by atoms with Crippen molar-refractivity contribution in [3.05, 3.63) is 30.1 Å². The van der Waals surface area contributed by atoms with E-state index < -0.39 is 0 Å². The monoisotopic (exact) mass is 290 g/mol. The van der Waals surface area contributed by atoms with Gasteiger partial charge in [-0.15, -0.1) is 0 Å². The maximum absolute atomic E-state index is 12.6. The minimum Gasteiger partial charge on any atom is -0.384 e. The molecule has 1 aromatic rings. The summed E-state index contributed by atoms with van der Waals surface area (Å²) in [6.45, 7) is 2.64. The third kappa shape index (κ3) is 2.80. The maximum atomic E-state index is 12.6. The summed E-state index contributed by atoms with van der Waals surface area (Å²) in [5.74, 6) is 0.457. The number of carbonyl (C=O) groups is 1. The van der Waals surface area contributed by atoms with Crippen LogP contribution in [0.3, 0.4) is 0 Å². The summed E-state index contributed by atoms with van der Waals surface area (Å²) in [5, 5.41) is 0. The van der Waals surface area contributed by atoms with Crippen molar-refractivity contribution in [1.29, 1.82) is 0 Å². The maximum Gasteiger partial charge on any atom is 0.254 e. The molecule has 2 fully saturated rings. The normalized spacial score (nSPS) is 29.0. The lowest BCUT2D eigenvalue weighted by Crippen LogP contribution is -2.56. The lowest BCUT2D eigenvalue weighted by molar-refractivity contribution is -0.130. The Bertz CT molecular complexity index is 494. The lowest BCUT2D eigenvalue weighted by Gasteiger charge is -2.44. The van der Waals surface area contributed by atoms with Crippen molar-refractivity contribution in [1.82, 2.24) is 9.88 Å². The molecule has 2 atom stereocenters. The molecule has 2 heterocycles. The molecule has 2 aliphatic rings. The number of morpholine rings is 1. The third-order valence-electron chi connectivity index (χ3n) is 4.69. The van der Waals surface area contributed by atoms with E-state index in [1.807, 2.05) is 4.90 Å². The molecule has 1 aromatic heterocycles. The van der Waals surface area contributed by atoms with Crippen molar-refractivity contribution in [2.45, 2.75) is 24.9 Å². The number of nitrogens with zero attached hydrogens (tertiary/aromatic N) is 2. The molecule has 1 saturated heterocycles. The number of ether oxygens (including phenoxy) is 2. The van der Waals surface area contributed by atoms with E-state index in [1.54, 1.807) is 31.6 Å². The molecule has 114 valence electrons. The highest BCUT2D eigenvalue weighted by atomic mass is 16.5. The van der Waals surface area contributed by atoms with Gasteiger partial charge in [-0.3, -0.25) is 9.78 Å². The van der Waals surface area contributed by atoms with E-state index in [0.29, 0.717) is 37.8 Å². The van der Waals surface area contributed by atoms with Gasteiger partial charge in [0, 0.05) is 37.5 Å². The Morgan fingerprint density at radius 3 is 3.10 bits per heavy atom. The second-order valence-electron chi connectivity index (χ2n) is 5.92. The molecule has 1 amide bonds. The Balaban J connectivity index is 1.75. The molecule has 21 heavy (non-hydrogen) atoms. The molecule has 1 spiro atoms. The summed E-state index contributed by atoms with van der Waals surface area (Å²) in [5.41, 5.74) is 0.486. The molecule has 0 N–H and O–H groups in total. The topological polar surface area (TPSA) is 51.7 Å². The average molecular weight is 290 g/mol. The molecule has 0 radical (unpaired) electrons. The van der Waals surface area contributed by atoms with E-state index in [2.05, 4.69) is 4.98 Å². The van der Waals surface area contributed by atoms with Crippen molar-refractivity contribution < 1.29 is 14.3 Å². The van der Waals surface area contributed by atoms with Crippen molar-refractivity contribution >= 4 is 5.91 Å². The first kappa shape index (κ1) is 14.5. The van der Waals surface area contributed by atoms with Gasteiger partial charge < -0.3 is 14.4 Å². The van der Waals surface area contributed by atoms with Crippen LogP contribution >= 0.6 is 0 Å².